The summed E-state index contributed by atoms with van der Waals surface area (Å²) in [6.45, 7) is 1.48. The topological polar surface area (TPSA) is 38.3 Å². The number of rotatable bonds is 4. The van der Waals surface area contributed by atoms with Crippen molar-refractivity contribution < 1.29 is 9.53 Å². The summed E-state index contributed by atoms with van der Waals surface area (Å²) in [4.78, 5) is 12.6. The number of halogens is 1. The van der Waals surface area contributed by atoms with Crippen molar-refractivity contribution in [2.24, 2.45) is 0 Å². The predicted molar refractivity (Wildman–Crippen MR) is 81.7 cm³/mol. The lowest BCUT2D eigenvalue weighted by Gasteiger charge is -2.41. The van der Waals surface area contributed by atoms with Gasteiger partial charge >= 0.3 is 0 Å². The second kappa shape index (κ2) is 5.86. The molecule has 1 aliphatic carbocycles. The molecule has 1 saturated carbocycles. The molecular weight excluding hydrogens is 318 g/mol. The average molecular weight is 338 g/mol. The van der Waals surface area contributed by atoms with Gasteiger partial charge in [-0.2, -0.15) is 0 Å². The Morgan fingerprint density at radius 1 is 1.30 bits per heavy atom. The van der Waals surface area contributed by atoms with Crippen LogP contribution >= 0.6 is 15.9 Å². The summed E-state index contributed by atoms with van der Waals surface area (Å²) in [5.74, 6) is 0.168. The first kappa shape index (κ1) is 14.1. The Hall–Kier alpha value is -0.870. The molecule has 1 N–H and O–H groups in total. The molecule has 1 unspecified atom stereocenters. The normalized spacial score (nSPS) is 24.1. The van der Waals surface area contributed by atoms with Gasteiger partial charge in [-0.25, -0.2) is 0 Å². The van der Waals surface area contributed by atoms with E-state index < -0.39 is 0 Å². The Morgan fingerprint density at radius 3 is 2.60 bits per heavy atom. The highest BCUT2D eigenvalue weighted by atomic mass is 79.9. The number of carbonyl (C=O) groups is 1. The minimum atomic E-state index is -0.306. The molecule has 1 aromatic carbocycles. The van der Waals surface area contributed by atoms with Gasteiger partial charge in [0.05, 0.1) is 11.5 Å². The molecule has 1 amide bonds. The summed E-state index contributed by atoms with van der Waals surface area (Å²) in [5.41, 5.74) is 0.830. The van der Waals surface area contributed by atoms with E-state index in [1.165, 1.54) is 0 Å². The Balaban J connectivity index is 1.68. The Bertz CT molecular complexity index is 476. The molecule has 2 aliphatic rings. The van der Waals surface area contributed by atoms with E-state index in [-0.39, 0.29) is 17.4 Å². The van der Waals surface area contributed by atoms with Gasteiger partial charge in [0.25, 0.3) is 0 Å². The van der Waals surface area contributed by atoms with Gasteiger partial charge in [-0.3, -0.25) is 4.79 Å². The van der Waals surface area contributed by atoms with E-state index >= 15 is 0 Å². The molecule has 1 aliphatic heterocycles. The van der Waals surface area contributed by atoms with Crippen molar-refractivity contribution in [3.05, 3.63) is 34.3 Å². The van der Waals surface area contributed by atoms with Crippen molar-refractivity contribution in [1.82, 2.24) is 5.32 Å². The van der Waals surface area contributed by atoms with Crippen molar-refractivity contribution in [2.75, 3.05) is 13.2 Å². The number of ether oxygens (including phenoxy) is 1. The fourth-order valence-electron chi connectivity index (χ4n) is 3.13. The zero-order valence-electron chi connectivity index (χ0n) is 11.5. The maximum Gasteiger partial charge on any atom is 0.230 e. The number of benzene rings is 1. The zero-order chi connectivity index (χ0) is 14.0. The van der Waals surface area contributed by atoms with Crippen LogP contribution in [0.1, 0.15) is 37.7 Å². The van der Waals surface area contributed by atoms with Crippen LogP contribution in [-0.4, -0.2) is 25.2 Å². The minimum Gasteiger partial charge on any atom is -0.376 e. The molecule has 4 heteroatoms. The fourth-order valence-corrected chi connectivity index (χ4v) is 3.39. The van der Waals surface area contributed by atoms with E-state index in [2.05, 4.69) is 33.4 Å². The molecule has 2 fully saturated rings. The average Bonchev–Trinajstić information content (AvgIpc) is 2.90. The van der Waals surface area contributed by atoms with Crippen LogP contribution in [0.25, 0.3) is 0 Å². The molecular formula is C16H20BrNO2. The van der Waals surface area contributed by atoms with Crippen molar-refractivity contribution in [2.45, 2.75) is 43.6 Å². The summed E-state index contributed by atoms with van der Waals surface area (Å²) in [5, 5.41) is 3.10. The van der Waals surface area contributed by atoms with Crippen molar-refractivity contribution in [3.63, 3.8) is 0 Å². The summed E-state index contributed by atoms with van der Waals surface area (Å²) < 4.78 is 6.62. The van der Waals surface area contributed by atoms with Crippen molar-refractivity contribution in [1.29, 1.82) is 0 Å². The summed E-state index contributed by atoms with van der Waals surface area (Å²) in [7, 11) is 0. The van der Waals surface area contributed by atoms with Gasteiger partial charge in [-0.05, 0) is 43.4 Å². The number of nitrogens with one attached hydrogen (secondary N) is 1. The van der Waals surface area contributed by atoms with Gasteiger partial charge < -0.3 is 10.1 Å². The Labute approximate surface area is 128 Å². The maximum absolute atomic E-state index is 12.6. The molecule has 1 saturated heterocycles. The third-order valence-electron chi connectivity index (χ3n) is 4.55. The molecule has 0 aromatic heterocycles. The first-order valence-corrected chi connectivity index (χ1v) is 8.16. The number of amides is 1. The van der Waals surface area contributed by atoms with E-state index in [1.807, 2.05) is 12.1 Å². The quantitative estimate of drug-likeness (QED) is 0.916. The largest absolute Gasteiger partial charge is 0.376 e. The number of hydrogen-bond acceptors (Lipinski definition) is 2. The van der Waals surface area contributed by atoms with Gasteiger partial charge in [-0.15, -0.1) is 0 Å². The van der Waals surface area contributed by atoms with Crippen LogP contribution in [0.4, 0.5) is 0 Å². The van der Waals surface area contributed by atoms with E-state index in [4.69, 9.17) is 4.74 Å². The van der Waals surface area contributed by atoms with E-state index in [0.717, 1.165) is 48.7 Å². The summed E-state index contributed by atoms with van der Waals surface area (Å²) >= 11 is 3.45. The van der Waals surface area contributed by atoms with Gasteiger partial charge in [0, 0.05) is 17.6 Å². The highest BCUT2D eigenvalue weighted by Crippen LogP contribution is 2.44. The van der Waals surface area contributed by atoms with Crippen LogP contribution in [0.2, 0.25) is 0 Å². The molecule has 0 radical (unpaired) electrons. The van der Waals surface area contributed by atoms with Crippen LogP contribution in [0.15, 0.2) is 28.7 Å². The fraction of sp³-hybridized carbons (Fsp3) is 0.562. The second-order valence-corrected chi connectivity index (χ2v) is 6.70. The minimum absolute atomic E-state index is 0.168. The van der Waals surface area contributed by atoms with Crippen molar-refractivity contribution in [3.8, 4) is 0 Å². The molecule has 0 bridgehead atoms. The summed E-state index contributed by atoms with van der Waals surface area (Å²) in [6, 6.07) is 8.16. The third kappa shape index (κ3) is 2.63. The molecule has 3 nitrogen and oxygen atoms in total. The highest BCUT2D eigenvalue weighted by molar-refractivity contribution is 9.10. The van der Waals surface area contributed by atoms with Gasteiger partial charge in [0.2, 0.25) is 5.91 Å². The lowest BCUT2D eigenvalue weighted by Crippen LogP contribution is -2.50. The standard InChI is InChI=1S/C16H20BrNO2/c17-13-6-4-12(5-7-13)16(8-2-9-16)15(19)18-11-14-3-1-10-20-14/h4-7,14H,1-3,8-11H2,(H,18,19). The van der Waals surface area contributed by atoms with Gasteiger partial charge in [-0.1, -0.05) is 34.5 Å². The molecule has 20 heavy (non-hydrogen) atoms. The van der Waals surface area contributed by atoms with Crippen molar-refractivity contribution >= 4 is 21.8 Å². The molecule has 0 spiro atoms. The maximum atomic E-state index is 12.6. The third-order valence-corrected chi connectivity index (χ3v) is 5.08. The van der Waals surface area contributed by atoms with Gasteiger partial charge in [0.1, 0.15) is 0 Å². The molecule has 1 heterocycles. The van der Waals surface area contributed by atoms with E-state index in [9.17, 15) is 4.79 Å². The molecule has 3 rings (SSSR count). The molecule has 1 aromatic rings. The first-order valence-electron chi connectivity index (χ1n) is 7.37. The Kier molecular flexibility index (Phi) is 4.13. The highest BCUT2D eigenvalue weighted by Gasteiger charge is 2.45. The van der Waals surface area contributed by atoms with Crippen LogP contribution < -0.4 is 5.32 Å². The Morgan fingerprint density at radius 2 is 2.05 bits per heavy atom. The lowest BCUT2D eigenvalue weighted by atomic mass is 9.64. The lowest BCUT2D eigenvalue weighted by molar-refractivity contribution is -0.130. The van der Waals surface area contributed by atoms with E-state index in [1.54, 1.807) is 0 Å². The van der Waals surface area contributed by atoms with E-state index in [0.29, 0.717) is 6.54 Å². The summed E-state index contributed by atoms with van der Waals surface area (Å²) in [6.07, 6.45) is 5.41. The van der Waals surface area contributed by atoms with Gasteiger partial charge in [0.15, 0.2) is 0 Å². The van der Waals surface area contributed by atoms with Crippen LogP contribution in [0.3, 0.4) is 0 Å². The van der Waals surface area contributed by atoms with Crippen LogP contribution in [0.5, 0.6) is 0 Å². The zero-order valence-corrected chi connectivity index (χ0v) is 13.1. The first-order chi connectivity index (χ1) is 9.71. The van der Waals surface area contributed by atoms with Crippen LogP contribution in [-0.2, 0) is 14.9 Å². The SMILES string of the molecule is O=C(NCC1CCCO1)C1(c2ccc(Br)cc2)CCC1. The number of hydrogen-bond donors (Lipinski definition) is 1. The second-order valence-electron chi connectivity index (χ2n) is 5.79. The molecule has 108 valence electrons. The monoisotopic (exact) mass is 337 g/mol. The molecule has 1 atom stereocenters. The smallest absolute Gasteiger partial charge is 0.230 e. The predicted octanol–water partition coefficient (Wildman–Crippen LogP) is 3.17. The van der Waals surface area contributed by atoms with Crippen LogP contribution in [0, 0.1) is 0 Å². The number of carbonyl (C=O) groups excluding carboxylic acids is 1.